The summed E-state index contributed by atoms with van der Waals surface area (Å²) in [4.78, 5) is 20.4. The van der Waals surface area contributed by atoms with Crippen molar-refractivity contribution in [2.45, 2.75) is 33.1 Å². The van der Waals surface area contributed by atoms with E-state index in [-0.39, 0.29) is 5.91 Å². The molecule has 0 bridgehead atoms. The minimum absolute atomic E-state index is 0.158. The lowest BCUT2D eigenvalue weighted by molar-refractivity contribution is -0.119. The molecule has 2 aliphatic rings. The summed E-state index contributed by atoms with van der Waals surface area (Å²) >= 11 is 0. The van der Waals surface area contributed by atoms with Crippen LogP contribution in [0.5, 0.6) is 0 Å². The van der Waals surface area contributed by atoms with E-state index in [9.17, 15) is 4.79 Å². The molecule has 2 heterocycles. The van der Waals surface area contributed by atoms with Crippen LogP contribution in [0, 0.1) is 5.92 Å². The van der Waals surface area contributed by atoms with Crippen LogP contribution in [0.2, 0.25) is 0 Å². The Bertz CT molecular complexity index is 861. The van der Waals surface area contributed by atoms with Gasteiger partial charge in [-0.25, -0.2) is 0 Å². The summed E-state index contributed by atoms with van der Waals surface area (Å²) in [6, 6.07) is 16.4. The number of carbonyl (C=O) groups excluding carboxylic acids is 1. The molecule has 1 fully saturated rings. The van der Waals surface area contributed by atoms with Crippen LogP contribution < -0.4 is 4.90 Å². The minimum atomic E-state index is 0.158. The summed E-state index contributed by atoms with van der Waals surface area (Å²) in [6.45, 7) is 10.5. The van der Waals surface area contributed by atoms with Gasteiger partial charge in [-0.3, -0.25) is 14.6 Å². The van der Waals surface area contributed by atoms with Crippen LogP contribution in [0.25, 0.3) is 12.2 Å². The number of amides is 1. The van der Waals surface area contributed by atoms with E-state index in [1.807, 2.05) is 29.2 Å². The number of anilines is 2. The third-order valence-electron chi connectivity index (χ3n) is 6.86. The second-order valence-corrected chi connectivity index (χ2v) is 8.72. The molecule has 2 aromatic rings. The summed E-state index contributed by atoms with van der Waals surface area (Å²) in [5.74, 6) is 0.945. The van der Waals surface area contributed by atoms with E-state index in [2.05, 4.69) is 60.1 Å². The first-order valence-corrected chi connectivity index (χ1v) is 11.8. The predicted molar refractivity (Wildman–Crippen MR) is 131 cm³/mol. The van der Waals surface area contributed by atoms with E-state index in [4.69, 9.17) is 0 Å². The molecule has 4 rings (SSSR count). The number of likely N-dealkylation sites (tertiary alicyclic amines) is 1. The monoisotopic (exact) mass is 417 g/mol. The van der Waals surface area contributed by atoms with Crippen LogP contribution in [0.4, 0.5) is 11.4 Å². The van der Waals surface area contributed by atoms with Crippen molar-refractivity contribution in [3.63, 3.8) is 0 Å². The maximum Gasteiger partial charge on any atom is 0.245 e. The number of rotatable bonds is 7. The largest absolute Gasteiger partial charge is 0.304 e. The Morgan fingerprint density at radius 3 is 2.00 bits per heavy atom. The van der Waals surface area contributed by atoms with Gasteiger partial charge in [0.2, 0.25) is 5.91 Å². The molecule has 0 unspecified atom stereocenters. The van der Waals surface area contributed by atoms with Gasteiger partial charge in [-0.1, -0.05) is 62.4 Å². The summed E-state index contributed by atoms with van der Waals surface area (Å²) in [7, 11) is 0. The van der Waals surface area contributed by atoms with Crippen molar-refractivity contribution in [1.29, 1.82) is 0 Å². The molecule has 0 aromatic heterocycles. The molecule has 0 aliphatic carbocycles. The molecule has 1 amide bonds. The smallest absolute Gasteiger partial charge is 0.245 e. The second kappa shape index (κ2) is 10.3. The van der Waals surface area contributed by atoms with Gasteiger partial charge in [0.15, 0.2) is 0 Å². The number of hydrogen-bond acceptors (Lipinski definition) is 3. The zero-order valence-corrected chi connectivity index (χ0v) is 19.0. The van der Waals surface area contributed by atoms with Gasteiger partial charge in [0.05, 0.1) is 17.9 Å². The van der Waals surface area contributed by atoms with Crippen molar-refractivity contribution in [1.82, 2.24) is 9.80 Å². The molecule has 4 heteroatoms. The normalized spacial score (nSPS) is 16.8. The molecule has 4 nitrogen and oxygen atoms in total. The maximum absolute atomic E-state index is 13.6. The third kappa shape index (κ3) is 5.08. The van der Waals surface area contributed by atoms with Gasteiger partial charge in [-0.05, 0) is 81.2 Å². The Labute approximate surface area is 187 Å². The molecule has 2 aliphatic heterocycles. The first kappa shape index (κ1) is 21.8. The maximum atomic E-state index is 13.6. The molecule has 2 aromatic carbocycles. The molecule has 0 N–H and O–H groups in total. The molecule has 164 valence electrons. The van der Waals surface area contributed by atoms with Gasteiger partial charge < -0.3 is 4.90 Å². The van der Waals surface area contributed by atoms with E-state index in [0.717, 1.165) is 54.6 Å². The highest BCUT2D eigenvalue weighted by Crippen LogP contribution is 2.36. The van der Waals surface area contributed by atoms with Crippen molar-refractivity contribution in [2.24, 2.45) is 5.92 Å². The Morgan fingerprint density at radius 1 is 0.903 bits per heavy atom. The number of nitrogens with zero attached hydrogens (tertiary/aromatic N) is 3. The standard InChI is InChI=1S/C27H35N3O/c1-3-28(4-2)18-15-22-16-19-29(20-17-22)21-27(31)30-25-11-7-5-9-23(25)13-14-24-10-6-8-12-26(24)30/h5-14,22H,3-4,15-21H2,1-2H3. The van der Waals surface area contributed by atoms with E-state index >= 15 is 0 Å². The average Bonchev–Trinajstić information content (AvgIpc) is 2.98. The second-order valence-electron chi connectivity index (χ2n) is 8.72. The first-order valence-electron chi connectivity index (χ1n) is 11.8. The molecular formula is C27H35N3O. The van der Waals surface area contributed by atoms with Crippen LogP contribution >= 0.6 is 0 Å². The van der Waals surface area contributed by atoms with E-state index in [0.29, 0.717) is 6.54 Å². The van der Waals surface area contributed by atoms with Gasteiger partial charge >= 0.3 is 0 Å². The van der Waals surface area contributed by atoms with E-state index < -0.39 is 0 Å². The van der Waals surface area contributed by atoms with Crippen LogP contribution in [-0.2, 0) is 4.79 Å². The quantitative estimate of drug-likeness (QED) is 0.613. The topological polar surface area (TPSA) is 26.8 Å². The SMILES string of the molecule is CCN(CC)CCC1CCN(CC(=O)N2c3ccccc3C=Cc3ccccc32)CC1. The lowest BCUT2D eigenvalue weighted by Crippen LogP contribution is -2.42. The molecule has 1 saturated heterocycles. The van der Waals surface area contributed by atoms with Crippen LogP contribution in [0.15, 0.2) is 48.5 Å². The summed E-state index contributed by atoms with van der Waals surface area (Å²) < 4.78 is 0. The van der Waals surface area contributed by atoms with Crippen molar-refractivity contribution in [3.8, 4) is 0 Å². The van der Waals surface area contributed by atoms with Gasteiger partial charge in [0.25, 0.3) is 0 Å². The predicted octanol–water partition coefficient (Wildman–Crippen LogP) is 5.28. The fourth-order valence-corrected chi connectivity index (χ4v) is 4.84. The lowest BCUT2D eigenvalue weighted by Gasteiger charge is -2.34. The van der Waals surface area contributed by atoms with Crippen LogP contribution in [0.1, 0.15) is 44.2 Å². The molecule has 0 atom stereocenters. The molecule has 0 saturated carbocycles. The fraction of sp³-hybridized carbons (Fsp3) is 0.444. The average molecular weight is 418 g/mol. The molecule has 31 heavy (non-hydrogen) atoms. The summed E-state index contributed by atoms with van der Waals surface area (Å²) in [5, 5.41) is 0. The summed E-state index contributed by atoms with van der Waals surface area (Å²) in [6.07, 6.45) is 7.90. The highest BCUT2D eigenvalue weighted by molar-refractivity contribution is 6.07. The van der Waals surface area contributed by atoms with E-state index in [1.165, 1.54) is 25.8 Å². The zero-order valence-electron chi connectivity index (χ0n) is 19.0. The zero-order chi connectivity index (χ0) is 21.6. The molecular weight excluding hydrogens is 382 g/mol. The van der Waals surface area contributed by atoms with Gasteiger partial charge in [-0.2, -0.15) is 0 Å². The van der Waals surface area contributed by atoms with Crippen molar-refractivity contribution < 1.29 is 4.79 Å². The number of benzene rings is 2. The van der Waals surface area contributed by atoms with Crippen molar-refractivity contribution >= 4 is 29.4 Å². The number of fused-ring (bicyclic) bond motifs is 2. The number of piperidine rings is 1. The highest BCUT2D eigenvalue weighted by Gasteiger charge is 2.27. The Kier molecular flexibility index (Phi) is 7.21. The molecule has 0 radical (unpaired) electrons. The first-order chi connectivity index (χ1) is 15.2. The number of para-hydroxylation sites is 2. The minimum Gasteiger partial charge on any atom is -0.304 e. The fourth-order valence-electron chi connectivity index (χ4n) is 4.84. The van der Waals surface area contributed by atoms with Gasteiger partial charge in [0, 0.05) is 0 Å². The number of carbonyl (C=O) groups is 1. The van der Waals surface area contributed by atoms with Crippen molar-refractivity contribution in [3.05, 3.63) is 59.7 Å². The summed E-state index contributed by atoms with van der Waals surface area (Å²) in [5.41, 5.74) is 4.12. The van der Waals surface area contributed by atoms with Crippen molar-refractivity contribution in [2.75, 3.05) is 44.2 Å². The lowest BCUT2D eigenvalue weighted by atomic mass is 9.93. The van der Waals surface area contributed by atoms with Crippen LogP contribution in [0.3, 0.4) is 0 Å². The Balaban J connectivity index is 1.42. The Hall–Kier alpha value is -2.43. The van der Waals surface area contributed by atoms with Crippen LogP contribution in [-0.4, -0.2) is 55.0 Å². The molecule has 0 spiro atoms. The third-order valence-corrected chi connectivity index (χ3v) is 6.86. The number of hydrogen-bond donors (Lipinski definition) is 0. The van der Waals surface area contributed by atoms with Gasteiger partial charge in [0.1, 0.15) is 0 Å². The Morgan fingerprint density at radius 2 is 1.45 bits per heavy atom. The highest BCUT2D eigenvalue weighted by atomic mass is 16.2. The van der Waals surface area contributed by atoms with E-state index in [1.54, 1.807) is 0 Å². The van der Waals surface area contributed by atoms with Gasteiger partial charge in [-0.15, -0.1) is 0 Å².